The number of oxazole rings is 1. The Bertz CT molecular complexity index is 915. The summed E-state index contributed by atoms with van der Waals surface area (Å²) >= 11 is 0. The Hall–Kier alpha value is -2.94. The fourth-order valence-electron chi connectivity index (χ4n) is 3.85. The molecule has 1 atom stereocenters. The highest BCUT2D eigenvalue weighted by Gasteiger charge is 2.30. The maximum atomic E-state index is 13.2. The second kappa shape index (κ2) is 10.6. The van der Waals surface area contributed by atoms with E-state index in [1.807, 2.05) is 30.9 Å². The van der Waals surface area contributed by atoms with Gasteiger partial charge < -0.3 is 24.5 Å². The van der Waals surface area contributed by atoms with Crippen LogP contribution in [0.5, 0.6) is 0 Å². The highest BCUT2D eigenvalue weighted by Crippen LogP contribution is 2.32. The van der Waals surface area contributed by atoms with Crippen molar-refractivity contribution in [2.45, 2.75) is 39.5 Å². The van der Waals surface area contributed by atoms with Crippen molar-refractivity contribution in [1.29, 1.82) is 0 Å². The van der Waals surface area contributed by atoms with Crippen LogP contribution in [0, 0.1) is 11.3 Å². The fraction of sp³-hybridized carbons (Fsp3) is 0.565. The summed E-state index contributed by atoms with van der Waals surface area (Å²) < 4.78 is 15.8. The quantitative estimate of drug-likeness (QED) is 0.557. The summed E-state index contributed by atoms with van der Waals surface area (Å²) in [4.78, 5) is 42.9. The summed E-state index contributed by atoms with van der Waals surface area (Å²) in [6.45, 7) is 6.41. The molecule has 32 heavy (non-hydrogen) atoms. The Kier molecular flexibility index (Phi) is 7.84. The first-order valence-electron chi connectivity index (χ1n) is 10.9. The SMILES string of the molecule is CC(C)(CCC(CCOC(N)=O)C(=O)c1nc2ccccc2o1)CC(=O)N1CCOCC1. The van der Waals surface area contributed by atoms with Crippen molar-refractivity contribution in [3.8, 4) is 0 Å². The first-order valence-corrected chi connectivity index (χ1v) is 10.9. The summed E-state index contributed by atoms with van der Waals surface area (Å²) in [6.07, 6.45) is 0.941. The van der Waals surface area contributed by atoms with Gasteiger partial charge in [0, 0.05) is 25.4 Å². The molecular formula is C23H31N3O6. The number of nitrogens with zero attached hydrogens (tertiary/aromatic N) is 2. The second-order valence-corrected chi connectivity index (χ2v) is 8.88. The second-order valence-electron chi connectivity index (χ2n) is 8.88. The molecule has 0 spiro atoms. The number of hydrogen-bond acceptors (Lipinski definition) is 7. The Morgan fingerprint density at radius 3 is 2.59 bits per heavy atom. The van der Waals surface area contributed by atoms with Gasteiger partial charge in [0.15, 0.2) is 5.58 Å². The van der Waals surface area contributed by atoms with Gasteiger partial charge >= 0.3 is 6.09 Å². The highest BCUT2D eigenvalue weighted by atomic mass is 16.5. The number of Topliss-reactive ketones (excluding diaryl/α,β-unsaturated/α-hetero) is 1. The number of nitrogens with two attached hydrogens (primary N) is 1. The molecule has 1 aromatic carbocycles. The number of hydrogen-bond donors (Lipinski definition) is 1. The van der Waals surface area contributed by atoms with E-state index in [0.29, 0.717) is 63.1 Å². The van der Waals surface area contributed by atoms with Gasteiger partial charge in [0.1, 0.15) is 5.52 Å². The molecule has 1 aromatic heterocycles. The number of aromatic nitrogens is 1. The molecule has 9 heteroatoms. The molecule has 9 nitrogen and oxygen atoms in total. The minimum atomic E-state index is -0.880. The van der Waals surface area contributed by atoms with Gasteiger partial charge in [-0.05, 0) is 36.8 Å². The smallest absolute Gasteiger partial charge is 0.404 e. The molecule has 3 rings (SSSR count). The lowest BCUT2D eigenvalue weighted by molar-refractivity contribution is -0.137. The number of fused-ring (bicyclic) bond motifs is 1. The van der Waals surface area contributed by atoms with Gasteiger partial charge in [-0.25, -0.2) is 9.78 Å². The lowest BCUT2D eigenvalue weighted by Gasteiger charge is -2.32. The third kappa shape index (κ3) is 6.53. The van der Waals surface area contributed by atoms with Crippen molar-refractivity contribution in [3.63, 3.8) is 0 Å². The number of amides is 2. The molecule has 0 radical (unpaired) electrons. The predicted octanol–water partition coefficient (Wildman–Crippen LogP) is 3.17. The van der Waals surface area contributed by atoms with Gasteiger partial charge in [-0.3, -0.25) is 9.59 Å². The van der Waals surface area contributed by atoms with E-state index >= 15 is 0 Å². The minimum Gasteiger partial charge on any atom is -0.450 e. The molecule has 1 aliphatic heterocycles. The van der Waals surface area contributed by atoms with Crippen molar-refractivity contribution in [3.05, 3.63) is 30.2 Å². The maximum absolute atomic E-state index is 13.2. The van der Waals surface area contributed by atoms with Gasteiger partial charge in [-0.1, -0.05) is 26.0 Å². The van der Waals surface area contributed by atoms with Crippen molar-refractivity contribution in [2.24, 2.45) is 17.1 Å². The van der Waals surface area contributed by atoms with Crippen LogP contribution in [-0.2, 0) is 14.3 Å². The lowest BCUT2D eigenvalue weighted by atomic mass is 9.80. The van der Waals surface area contributed by atoms with Gasteiger partial charge in [-0.15, -0.1) is 0 Å². The number of ketones is 1. The molecule has 2 amide bonds. The number of benzene rings is 1. The van der Waals surface area contributed by atoms with Crippen molar-refractivity contribution >= 4 is 28.9 Å². The van der Waals surface area contributed by atoms with Crippen LogP contribution in [0.1, 0.15) is 50.2 Å². The van der Waals surface area contributed by atoms with Gasteiger partial charge in [0.25, 0.3) is 5.89 Å². The topological polar surface area (TPSA) is 125 Å². The minimum absolute atomic E-state index is 0.0269. The van der Waals surface area contributed by atoms with Crippen LogP contribution in [-0.4, -0.2) is 60.6 Å². The summed E-state index contributed by atoms with van der Waals surface area (Å²) in [7, 11) is 0. The third-order valence-electron chi connectivity index (χ3n) is 5.75. The third-order valence-corrected chi connectivity index (χ3v) is 5.75. The molecule has 2 heterocycles. The van der Waals surface area contributed by atoms with Gasteiger partial charge in [0.05, 0.1) is 19.8 Å². The monoisotopic (exact) mass is 445 g/mol. The van der Waals surface area contributed by atoms with Crippen LogP contribution in [0.2, 0.25) is 0 Å². The zero-order valence-corrected chi connectivity index (χ0v) is 18.7. The summed E-state index contributed by atoms with van der Waals surface area (Å²) in [5, 5.41) is 0. The summed E-state index contributed by atoms with van der Waals surface area (Å²) in [6, 6.07) is 7.17. The lowest BCUT2D eigenvalue weighted by Crippen LogP contribution is -2.42. The van der Waals surface area contributed by atoms with Crippen LogP contribution in [0.4, 0.5) is 4.79 Å². The Morgan fingerprint density at radius 1 is 1.19 bits per heavy atom. The molecule has 2 N–H and O–H groups in total. The molecule has 0 aliphatic carbocycles. The molecule has 1 saturated heterocycles. The predicted molar refractivity (Wildman–Crippen MR) is 117 cm³/mol. The van der Waals surface area contributed by atoms with E-state index in [2.05, 4.69) is 4.98 Å². The fourth-order valence-corrected chi connectivity index (χ4v) is 3.85. The molecule has 1 aliphatic rings. The highest BCUT2D eigenvalue weighted by molar-refractivity contribution is 5.95. The molecule has 2 aromatic rings. The van der Waals surface area contributed by atoms with Crippen molar-refractivity contribution in [2.75, 3.05) is 32.9 Å². The summed E-state index contributed by atoms with van der Waals surface area (Å²) in [5.41, 5.74) is 5.90. The first kappa shape index (κ1) is 23.7. The van der Waals surface area contributed by atoms with Crippen molar-refractivity contribution in [1.82, 2.24) is 9.88 Å². The zero-order valence-electron chi connectivity index (χ0n) is 18.7. The standard InChI is InChI=1S/C23H31N3O6/c1-23(2,15-19(27)26-10-13-30-14-11-26)9-7-16(8-12-31-22(24)29)20(28)21-25-17-5-3-4-6-18(17)32-21/h3-6,16H,7-15H2,1-2H3,(H2,24,29). The van der Waals surface area contributed by atoms with E-state index in [1.54, 1.807) is 12.1 Å². The molecule has 0 saturated carbocycles. The van der Waals surface area contributed by atoms with E-state index in [-0.39, 0.29) is 29.6 Å². The van der Waals surface area contributed by atoms with Gasteiger partial charge in [0.2, 0.25) is 11.7 Å². The van der Waals surface area contributed by atoms with E-state index in [4.69, 9.17) is 19.6 Å². The van der Waals surface area contributed by atoms with Crippen LogP contribution in [0.25, 0.3) is 11.1 Å². The van der Waals surface area contributed by atoms with Gasteiger partial charge in [-0.2, -0.15) is 0 Å². The van der Waals surface area contributed by atoms with E-state index in [9.17, 15) is 14.4 Å². The molecular weight excluding hydrogens is 414 g/mol. The average Bonchev–Trinajstić information content (AvgIpc) is 3.20. The van der Waals surface area contributed by atoms with E-state index in [0.717, 1.165) is 0 Å². The molecule has 174 valence electrons. The number of morpholine rings is 1. The van der Waals surface area contributed by atoms with Crippen molar-refractivity contribution < 1.29 is 28.3 Å². The molecule has 1 unspecified atom stereocenters. The maximum Gasteiger partial charge on any atom is 0.404 e. The van der Waals surface area contributed by atoms with Crippen LogP contribution in [0.15, 0.2) is 28.7 Å². The number of para-hydroxylation sites is 2. The number of carbonyl (C=O) groups excluding carboxylic acids is 3. The van der Waals surface area contributed by atoms with E-state index in [1.165, 1.54) is 0 Å². The Morgan fingerprint density at radius 2 is 1.91 bits per heavy atom. The van der Waals surface area contributed by atoms with Crippen LogP contribution in [0.3, 0.4) is 0 Å². The van der Waals surface area contributed by atoms with Crippen LogP contribution < -0.4 is 5.73 Å². The normalized spacial score (nSPS) is 15.5. The Labute approximate surface area is 187 Å². The number of rotatable bonds is 10. The summed E-state index contributed by atoms with van der Waals surface area (Å²) in [5.74, 6) is -0.584. The number of primary amides is 1. The zero-order chi connectivity index (χ0) is 23.1. The first-order chi connectivity index (χ1) is 15.2. The Balaban J connectivity index is 1.65. The number of carbonyl (C=O) groups is 3. The molecule has 0 bridgehead atoms. The largest absolute Gasteiger partial charge is 0.450 e. The average molecular weight is 446 g/mol. The number of ether oxygens (including phenoxy) is 2. The van der Waals surface area contributed by atoms with E-state index < -0.39 is 12.0 Å². The van der Waals surface area contributed by atoms with Crippen LogP contribution >= 0.6 is 0 Å². The molecule has 1 fully saturated rings.